The van der Waals surface area contributed by atoms with Crippen molar-refractivity contribution in [1.82, 2.24) is 4.90 Å². The van der Waals surface area contributed by atoms with E-state index in [4.69, 9.17) is 0 Å². The van der Waals surface area contributed by atoms with Crippen molar-refractivity contribution < 1.29 is 0 Å². The largest absolute Gasteiger partial charge is 0.344 e. The van der Waals surface area contributed by atoms with Crippen LogP contribution in [0.3, 0.4) is 0 Å². The molecule has 30 valence electrons. The lowest BCUT2D eigenvalue weighted by Gasteiger charge is -2.37. The van der Waals surface area contributed by atoms with Crippen molar-refractivity contribution in [1.29, 1.82) is 0 Å². The molecule has 0 saturated carbocycles. The van der Waals surface area contributed by atoms with Crippen LogP contribution in [0, 0.1) is 0 Å². The normalized spacial score (nSPS) is 25.7. The molecule has 1 heteroatoms. The second kappa shape index (κ2) is 0.535. The highest BCUT2D eigenvalue weighted by Crippen LogP contribution is 2.22. The van der Waals surface area contributed by atoms with Crippen LogP contribution in [-0.4, -0.2) is 10.9 Å². The van der Waals surface area contributed by atoms with Gasteiger partial charge in [0.25, 0.3) is 0 Å². The first-order chi connectivity index (χ1) is 2.97. The summed E-state index contributed by atoms with van der Waals surface area (Å²) in [6.07, 6.45) is 8.48. The standard InChI is InChI=1S/C5H5N/c1-3-6-4-2-5(1)6/h1-5H. The summed E-state index contributed by atoms with van der Waals surface area (Å²) < 4.78 is 0. The molecule has 0 fully saturated rings. The molecule has 6 heavy (non-hydrogen) atoms. The zero-order valence-corrected chi connectivity index (χ0v) is 3.33. The number of hydrogen-bond acceptors (Lipinski definition) is 1. The van der Waals surface area contributed by atoms with E-state index < -0.39 is 0 Å². The molecule has 0 aliphatic carbocycles. The molecule has 1 nitrogen and oxygen atoms in total. The van der Waals surface area contributed by atoms with Crippen molar-refractivity contribution in [2.75, 3.05) is 0 Å². The molecule has 0 aromatic heterocycles. The van der Waals surface area contributed by atoms with Crippen LogP contribution in [-0.2, 0) is 0 Å². The Bertz CT molecular complexity index is 95.9. The van der Waals surface area contributed by atoms with E-state index in [0.717, 1.165) is 0 Å². The van der Waals surface area contributed by atoms with E-state index in [1.54, 1.807) is 0 Å². The van der Waals surface area contributed by atoms with Crippen LogP contribution in [0.5, 0.6) is 0 Å². The molecule has 0 atom stereocenters. The minimum atomic E-state index is 0.685. The SMILES string of the molecule is C1=CN2C=CC12. The van der Waals surface area contributed by atoms with Gasteiger partial charge in [-0.3, -0.25) is 0 Å². The molecule has 0 spiro atoms. The average molecular weight is 79.1 g/mol. The Morgan fingerprint density at radius 2 is 1.67 bits per heavy atom. The minimum absolute atomic E-state index is 0.685. The van der Waals surface area contributed by atoms with Crippen molar-refractivity contribution in [2.45, 2.75) is 6.04 Å². The molecule has 2 aliphatic heterocycles. The highest BCUT2D eigenvalue weighted by molar-refractivity contribution is 5.27. The Kier molecular flexibility index (Phi) is 0.219. The van der Waals surface area contributed by atoms with Gasteiger partial charge in [-0.05, 0) is 12.2 Å². The van der Waals surface area contributed by atoms with E-state index in [0.29, 0.717) is 6.04 Å². The highest BCUT2D eigenvalue weighted by Gasteiger charge is 2.20. The molecule has 0 bridgehead atoms. The van der Waals surface area contributed by atoms with Crippen LogP contribution in [0.4, 0.5) is 0 Å². The van der Waals surface area contributed by atoms with Crippen LogP contribution in [0.1, 0.15) is 0 Å². The Morgan fingerprint density at radius 1 is 1.17 bits per heavy atom. The number of nitrogens with zero attached hydrogens (tertiary/aromatic N) is 1. The fourth-order valence-electron chi connectivity index (χ4n) is 0.683. The first kappa shape index (κ1) is 2.45. The van der Waals surface area contributed by atoms with Gasteiger partial charge in [-0.2, -0.15) is 0 Å². The molecular formula is C5H5N. The van der Waals surface area contributed by atoms with Gasteiger partial charge in [-0.1, -0.05) is 0 Å². The summed E-state index contributed by atoms with van der Waals surface area (Å²) in [4.78, 5) is 2.17. The summed E-state index contributed by atoms with van der Waals surface area (Å²) >= 11 is 0. The second-order valence-corrected chi connectivity index (χ2v) is 1.62. The lowest BCUT2D eigenvalue weighted by Crippen LogP contribution is -2.36. The molecular weight excluding hydrogens is 74.1 g/mol. The first-order valence-electron chi connectivity index (χ1n) is 2.11. The molecule has 2 aliphatic rings. The van der Waals surface area contributed by atoms with Gasteiger partial charge in [0.15, 0.2) is 0 Å². The summed E-state index contributed by atoms with van der Waals surface area (Å²) in [5.41, 5.74) is 0. The van der Waals surface area contributed by atoms with Crippen molar-refractivity contribution in [3.05, 3.63) is 24.6 Å². The molecule has 0 aromatic rings. The van der Waals surface area contributed by atoms with Gasteiger partial charge in [0.2, 0.25) is 0 Å². The summed E-state index contributed by atoms with van der Waals surface area (Å²) in [5.74, 6) is 0. The Morgan fingerprint density at radius 3 is 1.67 bits per heavy atom. The number of fused-ring (bicyclic) bond motifs is 1. The van der Waals surface area contributed by atoms with Crippen molar-refractivity contribution in [3.63, 3.8) is 0 Å². The summed E-state index contributed by atoms with van der Waals surface area (Å²) in [6.45, 7) is 0. The Balaban J connectivity index is 2.40. The zero-order chi connectivity index (χ0) is 3.98. The lowest BCUT2D eigenvalue weighted by atomic mass is 10.1. The van der Waals surface area contributed by atoms with Gasteiger partial charge in [0, 0.05) is 12.4 Å². The lowest BCUT2D eigenvalue weighted by molar-refractivity contribution is 0.379. The van der Waals surface area contributed by atoms with E-state index in [1.807, 2.05) is 0 Å². The summed E-state index contributed by atoms with van der Waals surface area (Å²) in [6, 6.07) is 0.685. The first-order valence-corrected chi connectivity index (χ1v) is 2.11. The maximum absolute atomic E-state index is 2.17. The number of rotatable bonds is 0. The van der Waals surface area contributed by atoms with Crippen molar-refractivity contribution in [3.8, 4) is 0 Å². The predicted molar refractivity (Wildman–Crippen MR) is 23.9 cm³/mol. The molecule has 0 saturated heterocycles. The van der Waals surface area contributed by atoms with Crippen LogP contribution in [0.2, 0.25) is 0 Å². The Labute approximate surface area is 36.6 Å². The molecule has 0 amide bonds. The van der Waals surface area contributed by atoms with Gasteiger partial charge >= 0.3 is 0 Å². The third-order valence-corrected chi connectivity index (χ3v) is 1.26. The monoisotopic (exact) mass is 79.0 g/mol. The van der Waals surface area contributed by atoms with Crippen LogP contribution < -0.4 is 0 Å². The quantitative estimate of drug-likeness (QED) is 0.413. The van der Waals surface area contributed by atoms with E-state index in [-0.39, 0.29) is 0 Å². The van der Waals surface area contributed by atoms with E-state index in [9.17, 15) is 0 Å². The molecule has 2 heterocycles. The van der Waals surface area contributed by atoms with Crippen LogP contribution >= 0.6 is 0 Å². The Hall–Kier alpha value is -0.720. The highest BCUT2D eigenvalue weighted by atomic mass is 15.2. The molecule has 0 unspecified atom stereocenters. The van der Waals surface area contributed by atoms with Gasteiger partial charge in [0.05, 0.1) is 6.04 Å². The topological polar surface area (TPSA) is 3.24 Å². The zero-order valence-electron chi connectivity index (χ0n) is 3.33. The molecule has 2 rings (SSSR count). The fourth-order valence-corrected chi connectivity index (χ4v) is 0.683. The van der Waals surface area contributed by atoms with E-state index >= 15 is 0 Å². The average Bonchev–Trinajstić information content (AvgIpc) is 1.54. The van der Waals surface area contributed by atoms with E-state index in [2.05, 4.69) is 29.5 Å². The van der Waals surface area contributed by atoms with Gasteiger partial charge in [-0.15, -0.1) is 0 Å². The predicted octanol–water partition coefficient (Wildman–Crippen LogP) is 0.712. The third kappa shape index (κ3) is 0.0967. The maximum atomic E-state index is 2.17. The van der Waals surface area contributed by atoms with Gasteiger partial charge in [0.1, 0.15) is 0 Å². The summed E-state index contributed by atoms with van der Waals surface area (Å²) in [5, 5.41) is 0. The van der Waals surface area contributed by atoms with Gasteiger partial charge < -0.3 is 4.90 Å². The van der Waals surface area contributed by atoms with Crippen molar-refractivity contribution >= 4 is 0 Å². The second-order valence-electron chi connectivity index (χ2n) is 1.62. The minimum Gasteiger partial charge on any atom is -0.344 e. The smallest absolute Gasteiger partial charge is 0.0728 e. The third-order valence-electron chi connectivity index (χ3n) is 1.26. The maximum Gasteiger partial charge on any atom is 0.0728 e. The molecule has 0 N–H and O–H groups in total. The fraction of sp³-hybridized carbons (Fsp3) is 0.200. The van der Waals surface area contributed by atoms with Gasteiger partial charge in [-0.25, -0.2) is 0 Å². The van der Waals surface area contributed by atoms with Crippen molar-refractivity contribution in [2.24, 2.45) is 0 Å². The molecule has 0 radical (unpaired) electrons. The van der Waals surface area contributed by atoms with Crippen LogP contribution in [0.25, 0.3) is 0 Å². The number of hydrogen-bond donors (Lipinski definition) is 0. The van der Waals surface area contributed by atoms with Crippen LogP contribution in [0.15, 0.2) is 24.6 Å². The van der Waals surface area contributed by atoms with E-state index in [1.165, 1.54) is 0 Å². The summed E-state index contributed by atoms with van der Waals surface area (Å²) in [7, 11) is 0. The molecule has 0 aromatic carbocycles.